The van der Waals surface area contributed by atoms with Gasteiger partial charge in [0.15, 0.2) is 5.82 Å². The molecule has 7 aromatic rings. The summed E-state index contributed by atoms with van der Waals surface area (Å²) in [5.74, 6) is 0.684. The van der Waals surface area contributed by atoms with Crippen LogP contribution in [0.1, 0.15) is 53.0 Å². The Hall–Kier alpha value is -7.57. The molecule has 60 heavy (non-hydrogen) atoms. The number of hydrogen-bond donors (Lipinski definition) is 1. The number of anilines is 1. The Labute approximate surface area is 351 Å². The number of aromatic nitrogens is 3. The van der Waals surface area contributed by atoms with E-state index in [0.29, 0.717) is 5.82 Å². The molecule has 0 radical (unpaired) electrons. The maximum Gasteiger partial charge on any atom is 0.160 e. The summed E-state index contributed by atoms with van der Waals surface area (Å²) >= 11 is 0. The van der Waals surface area contributed by atoms with E-state index in [9.17, 15) is 0 Å². The molecule has 0 fully saturated rings. The van der Waals surface area contributed by atoms with Crippen molar-refractivity contribution < 1.29 is 0 Å². The van der Waals surface area contributed by atoms with Gasteiger partial charge in [0.1, 0.15) is 0 Å². The highest BCUT2D eigenvalue weighted by molar-refractivity contribution is 6.10. The van der Waals surface area contributed by atoms with E-state index in [0.717, 1.165) is 108 Å². The van der Waals surface area contributed by atoms with Gasteiger partial charge in [-0.05, 0) is 103 Å². The lowest BCUT2D eigenvalue weighted by Gasteiger charge is -2.23. The van der Waals surface area contributed by atoms with Crippen LogP contribution in [-0.4, -0.2) is 26.9 Å². The number of aliphatic imine (C=N–C) groups is 2. The molecule has 290 valence electrons. The molecule has 0 bridgehead atoms. The van der Waals surface area contributed by atoms with Crippen molar-refractivity contribution in [2.45, 2.75) is 32.7 Å². The lowest BCUT2D eigenvalue weighted by Crippen LogP contribution is -2.15. The molecule has 2 aliphatic heterocycles. The van der Waals surface area contributed by atoms with Crippen LogP contribution in [0.4, 0.5) is 17.1 Å². The van der Waals surface area contributed by atoms with Gasteiger partial charge in [-0.15, -0.1) is 0 Å². The van der Waals surface area contributed by atoms with Crippen molar-refractivity contribution in [3.63, 3.8) is 0 Å². The van der Waals surface area contributed by atoms with E-state index >= 15 is 0 Å². The second-order valence-corrected chi connectivity index (χ2v) is 15.0. The zero-order chi connectivity index (χ0) is 41.0. The summed E-state index contributed by atoms with van der Waals surface area (Å²) in [5, 5.41) is 4.83. The Kier molecular flexibility index (Phi) is 10.6. The number of nitrogens with one attached hydrogen (secondary N) is 1. The number of fused-ring (bicyclic) bond motifs is 4. The molecule has 1 unspecified atom stereocenters. The number of aryl methyl sites for hydroxylation is 2. The van der Waals surface area contributed by atoms with Crippen molar-refractivity contribution in [3.8, 4) is 33.8 Å². The monoisotopic (exact) mass is 776 g/mol. The van der Waals surface area contributed by atoms with Crippen LogP contribution >= 0.6 is 0 Å². The highest BCUT2D eigenvalue weighted by atomic mass is 15.0. The molecule has 0 amide bonds. The van der Waals surface area contributed by atoms with Crippen LogP contribution < -0.4 is 5.32 Å². The van der Waals surface area contributed by atoms with Crippen LogP contribution in [0.5, 0.6) is 0 Å². The van der Waals surface area contributed by atoms with Crippen LogP contribution in [0.3, 0.4) is 0 Å². The Morgan fingerprint density at radius 3 is 2.40 bits per heavy atom. The Balaban J connectivity index is 0.943. The number of nitrogens with zero attached hydrogens (tertiary/aromatic N) is 5. The van der Waals surface area contributed by atoms with E-state index in [4.69, 9.17) is 24.9 Å². The zero-order valence-electron chi connectivity index (χ0n) is 33.8. The second kappa shape index (κ2) is 16.7. The number of rotatable bonds is 10. The Morgan fingerprint density at radius 2 is 1.60 bits per heavy atom. The minimum absolute atomic E-state index is 0.131. The third-order valence-electron chi connectivity index (χ3n) is 11.0. The van der Waals surface area contributed by atoms with E-state index in [1.54, 1.807) is 6.08 Å². The summed E-state index contributed by atoms with van der Waals surface area (Å²) in [5.41, 5.74) is 17.1. The molecule has 1 atom stereocenters. The topological polar surface area (TPSA) is 75.4 Å². The lowest BCUT2D eigenvalue weighted by atomic mass is 9.96. The van der Waals surface area contributed by atoms with Gasteiger partial charge in [-0.3, -0.25) is 4.99 Å². The summed E-state index contributed by atoms with van der Waals surface area (Å²) in [4.78, 5) is 24.8. The Bertz CT molecular complexity index is 2950. The molecular weight excluding hydrogens is 733 g/mol. The molecule has 6 nitrogen and oxygen atoms in total. The summed E-state index contributed by atoms with van der Waals surface area (Å²) in [6, 6.07) is 42.0. The molecule has 0 spiro atoms. The summed E-state index contributed by atoms with van der Waals surface area (Å²) < 4.78 is 0. The van der Waals surface area contributed by atoms with Gasteiger partial charge in [-0.2, -0.15) is 0 Å². The molecule has 1 N–H and O–H groups in total. The van der Waals surface area contributed by atoms with Crippen molar-refractivity contribution in [1.82, 2.24) is 15.0 Å². The van der Waals surface area contributed by atoms with Crippen molar-refractivity contribution >= 4 is 51.5 Å². The normalized spacial score (nSPS) is 14.8. The minimum Gasteiger partial charge on any atom is -0.373 e. The van der Waals surface area contributed by atoms with Crippen molar-refractivity contribution in [2.75, 3.05) is 5.32 Å². The predicted molar refractivity (Wildman–Crippen MR) is 253 cm³/mol. The molecule has 2 aliphatic rings. The summed E-state index contributed by atoms with van der Waals surface area (Å²) in [6.45, 7) is 12.1. The number of hydrogen-bond acceptors (Lipinski definition) is 6. The van der Waals surface area contributed by atoms with Gasteiger partial charge >= 0.3 is 0 Å². The third-order valence-corrected chi connectivity index (χ3v) is 11.0. The van der Waals surface area contributed by atoms with E-state index in [-0.39, 0.29) is 6.04 Å². The van der Waals surface area contributed by atoms with Crippen LogP contribution in [0.15, 0.2) is 181 Å². The summed E-state index contributed by atoms with van der Waals surface area (Å²) in [7, 11) is 0. The van der Waals surface area contributed by atoms with E-state index in [1.165, 1.54) is 5.56 Å². The average Bonchev–Trinajstić information content (AvgIpc) is 3.30. The third kappa shape index (κ3) is 7.71. The SMILES string of the molecule is C=C/C=C(\C=C/C)c1cc(C2C=Cc3cc(-c4ccc(N=C(C=C)c5ccc(-c6ccc7ccc8c(c7n6)N=CCC8)cc5)c(C)c4)ccc3N2)nc(-c2ccccc2)n1. The summed E-state index contributed by atoms with van der Waals surface area (Å²) in [6.07, 6.45) is 18.0. The number of allylic oxidation sites excluding steroid dienone is 6. The lowest BCUT2D eigenvalue weighted by molar-refractivity contribution is 0.903. The number of pyridine rings is 1. The quantitative estimate of drug-likeness (QED) is 0.111. The van der Waals surface area contributed by atoms with Gasteiger partial charge in [0.05, 0.1) is 45.7 Å². The predicted octanol–water partition coefficient (Wildman–Crippen LogP) is 13.6. The van der Waals surface area contributed by atoms with Crippen LogP contribution in [0.25, 0.3) is 56.3 Å². The van der Waals surface area contributed by atoms with Gasteiger partial charge < -0.3 is 5.32 Å². The molecule has 5 aromatic carbocycles. The number of benzene rings is 5. The van der Waals surface area contributed by atoms with Crippen molar-refractivity contribution in [2.24, 2.45) is 9.98 Å². The van der Waals surface area contributed by atoms with Gasteiger partial charge in [0, 0.05) is 34.0 Å². The van der Waals surface area contributed by atoms with E-state index < -0.39 is 0 Å². The fourth-order valence-electron chi connectivity index (χ4n) is 7.85. The van der Waals surface area contributed by atoms with Crippen molar-refractivity contribution in [3.05, 3.63) is 205 Å². The molecule has 2 aromatic heterocycles. The molecule has 0 saturated carbocycles. The first kappa shape index (κ1) is 38.0. The first-order chi connectivity index (χ1) is 29.5. The molecular formula is C54H44N6. The van der Waals surface area contributed by atoms with Gasteiger partial charge in [-0.25, -0.2) is 19.9 Å². The molecule has 0 aliphatic carbocycles. The van der Waals surface area contributed by atoms with Gasteiger partial charge in [0.2, 0.25) is 0 Å². The largest absolute Gasteiger partial charge is 0.373 e. The van der Waals surface area contributed by atoms with Crippen LogP contribution in [-0.2, 0) is 6.42 Å². The maximum absolute atomic E-state index is 5.07. The fourth-order valence-corrected chi connectivity index (χ4v) is 7.85. The fraction of sp³-hybridized carbons (Fsp3) is 0.0926. The highest BCUT2D eigenvalue weighted by Crippen LogP contribution is 2.37. The molecule has 4 heterocycles. The molecule has 0 saturated heterocycles. The standard InChI is InChI=1S/C54H44N6/c1-5-12-36(13-6-2)50-34-51(60-54(59-50)41-14-9-8-10-15-41)49-30-26-44-33-43(25-29-48(44)57-49)42-24-27-46(35(4)32-42)56-45(7-3)37-17-19-38(20-18-37)47-28-23-40-22-21-39-16-11-31-55-52(39)53(40)58-47/h5-10,12-15,17-34,49,57H,1,3,11,16H2,2,4H3/b13-6-,36-12+,56-45?. The average molecular weight is 777 g/mol. The smallest absolute Gasteiger partial charge is 0.160 e. The van der Waals surface area contributed by atoms with Crippen molar-refractivity contribution in [1.29, 1.82) is 0 Å². The molecule has 6 heteroatoms. The van der Waals surface area contributed by atoms with Crippen LogP contribution in [0, 0.1) is 6.92 Å². The second-order valence-electron chi connectivity index (χ2n) is 15.0. The van der Waals surface area contributed by atoms with E-state index in [1.807, 2.05) is 67.8 Å². The van der Waals surface area contributed by atoms with Gasteiger partial charge in [0.25, 0.3) is 0 Å². The van der Waals surface area contributed by atoms with Crippen LogP contribution in [0.2, 0.25) is 0 Å². The Morgan fingerprint density at radius 1 is 0.800 bits per heavy atom. The molecule has 9 rings (SSSR count). The first-order valence-electron chi connectivity index (χ1n) is 20.3. The maximum atomic E-state index is 5.07. The zero-order valence-corrected chi connectivity index (χ0v) is 33.8. The minimum atomic E-state index is -0.131. The highest BCUT2D eigenvalue weighted by Gasteiger charge is 2.20. The first-order valence-corrected chi connectivity index (χ1v) is 20.3. The van der Waals surface area contributed by atoms with E-state index in [2.05, 4.69) is 129 Å². The van der Waals surface area contributed by atoms with Gasteiger partial charge in [-0.1, -0.05) is 135 Å².